The summed E-state index contributed by atoms with van der Waals surface area (Å²) in [6, 6.07) is 6.61. The molecule has 1 saturated carbocycles. The van der Waals surface area contributed by atoms with E-state index in [4.69, 9.17) is 9.15 Å². The topological polar surface area (TPSA) is 47.3 Å². The Morgan fingerprint density at radius 2 is 2.32 bits per heavy atom. The molecule has 2 aromatic rings. The summed E-state index contributed by atoms with van der Waals surface area (Å²) in [7, 11) is 0. The van der Waals surface area contributed by atoms with Crippen LogP contribution in [0.3, 0.4) is 0 Å². The van der Waals surface area contributed by atoms with Crippen LogP contribution in [-0.4, -0.2) is 11.0 Å². The van der Waals surface area contributed by atoms with Gasteiger partial charge < -0.3 is 14.5 Å². The van der Waals surface area contributed by atoms with Gasteiger partial charge in [-0.05, 0) is 38.0 Å². The molecule has 0 aliphatic heterocycles. The maximum absolute atomic E-state index is 5.62. The highest BCUT2D eigenvalue weighted by Gasteiger charge is 2.20. The monoisotopic (exact) mass is 258 g/mol. The van der Waals surface area contributed by atoms with Gasteiger partial charge >= 0.3 is 0 Å². The number of ether oxygens (including phenoxy) is 1. The number of rotatable bonds is 6. The van der Waals surface area contributed by atoms with Crippen molar-refractivity contribution in [3.8, 4) is 5.75 Å². The Labute approximate surface area is 112 Å². The van der Waals surface area contributed by atoms with Crippen LogP contribution in [0.5, 0.6) is 5.75 Å². The average molecular weight is 258 g/mol. The van der Waals surface area contributed by atoms with Gasteiger partial charge in [-0.3, -0.25) is 4.98 Å². The molecule has 100 valence electrons. The first-order valence-corrected chi connectivity index (χ1v) is 6.65. The number of pyridine rings is 1. The van der Waals surface area contributed by atoms with E-state index in [1.54, 1.807) is 12.5 Å². The molecule has 0 spiro atoms. The highest BCUT2D eigenvalue weighted by molar-refractivity contribution is 5.20. The molecule has 0 radical (unpaired) electrons. The van der Waals surface area contributed by atoms with Gasteiger partial charge in [-0.15, -0.1) is 0 Å². The van der Waals surface area contributed by atoms with Crippen molar-refractivity contribution in [1.82, 2.24) is 10.3 Å². The van der Waals surface area contributed by atoms with Gasteiger partial charge in [0, 0.05) is 23.8 Å². The lowest BCUT2D eigenvalue weighted by molar-refractivity contribution is 0.269. The van der Waals surface area contributed by atoms with E-state index in [1.165, 1.54) is 18.4 Å². The average Bonchev–Trinajstić information content (AvgIpc) is 3.15. The van der Waals surface area contributed by atoms with Crippen LogP contribution in [0.25, 0.3) is 0 Å². The Kier molecular flexibility index (Phi) is 3.51. The van der Waals surface area contributed by atoms with E-state index in [0.29, 0.717) is 12.6 Å². The quantitative estimate of drug-likeness (QED) is 0.865. The van der Waals surface area contributed by atoms with Crippen molar-refractivity contribution in [2.75, 3.05) is 0 Å². The second-order valence-corrected chi connectivity index (χ2v) is 5.00. The van der Waals surface area contributed by atoms with Crippen molar-refractivity contribution in [3.63, 3.8) is 0 Å². The van der Waals surface area contributed by atoms with Crippen LogP contribution in [0.2, 0.25) is 0 Å². The second kappa shape index (κ2) is 5.45. The molecule has 0 atom stereocenters. The summed E-state index contributed by atoms with van der Waals surface area (Å²) in [5, 5.41) is 3.46. The molecule has 2 aromatic heterocycles. The van der Waals surface area contributed by atoms with Gasteiger partial charge in [-0.2, -0.15) is 0 Å². The van der Waals surface area contributed by atoms with Crippen molar-refractivity contribution in [1.29, 1.82) is 0 Å². The van der Waals surface area contributed by atoms with Crippen LogP contribution in [0.1, 0.15) is 29.9 Å². The minimum atomic E-state index is 0.439. The zero-order valence-electron chi connectivity index (χ0n) is 11.1. The lowest BCUT2D eigenvalue weighted by Crippen LogP contribution is -2.14. The van der Waals surface area contributed by atoms with E-state index in [1.807, 2.05) is 25.1 Å². The van der Waals surface area contributed by atoms with E-state index in [-0.39, 0.29) is 0 Å². The van der Waals surface area contributed by atoms with Gasteiger partial charge in [0.15, 0.2) is 0 Å². The molecule has 2 heterocycles. The summed E-state index contributed by atoms with van der Waals surface area (Å²) in [5.74, 6) is 1.60. The number of hydrogen-bond acceptors (Lipinski definition) is 4. The van der Waals surface area contributed by atoms with Crippen molar-refractivity contribution in [2.24, 2.45) is 0 Å². The third-order valence-electron chi connectivity index (χ3n) is 3.15. The minimum Gasteiger partial charge on any atom is -0.484 e. The van der Waals surface area contributed by atoms with E-state index in [0.717, 1.165) is 23.7 Å². The van der Waals surface area contributed by atoms with Crippen LogP contribution >= 0.6 is 0 Å². The largest absolute Gasteiger partial charge is 0.484 e. The molecule has 0 unspecified atom stereocenters. The van der Waals surface area contributed by atoms with Crippen LogP contribution in [0.15, 0.2) is 35.1 Å². The van der Waals surface area contributed by atoms with Gasteiger partial charge in [-0.1, -0.05) is 0 Å². The predicted molar refractivity (Wildman–Crippen MR) is 71.9 cm³/mol. The van der Waals surface area contributed by atoms with Crippen molar-refractivity contribution < 1.29 is 9.15 Å². The lowest BCUT2D eigenvalue weighted by atomic mass is 10.3. The van der Waals surface area contributed by atoms with Gasteiger partial charge in [0.25, 0.3) is 0 Å². The van der Waals surface area contributed by atoms with E-state index >= 15 is 0 Å². The van der Waals surface area contributed by atoms with Crippen LogP contribution in [-0.2, 0) is 13.2 Å². The standard InChI is InChI=1S/C15H18N2O2/c1-11-2-5-14(8-16-11)19-10-15-6-12(9-18-15)7-17-13-3-4-13/h2,5-6,8-9,13,17H,3-4,7,10H2,1H3. The summed E-state index contributed by atoms with van der Waals surface area (Å²) < 4.78 is 11.1. The van der Waals surface area contributed by atoms with Crippen molar-refractivity contribution >= 4 is 0 Å². The van der Waals surface area contributed by atoms with E-state index in [9.17, 15) is 0 Å². The fourth-order valence-electron chi connectivity index (χ4n) is 1.84. The smallest absolute Gasteiger partial charge is 0.146 e. The maximum Gasteiger partial charge on any atom is 0.146 e. The molecular formula is C15H18N2O2. The first-order chi connectivity index (χ1) is 9.29. The van der Waals surface area contributed by atoms with Crippen LogP contribution in [0.4, 0.5) is 0 Å². The van der Waals surface area contributed by atoms with E-state index < -0.39 is 0 Å². The van der Waals surface area contributed by atoms with Crippen LogP contribution in [0, 0.1) is 6.92 Å². The fraction of sp³-hybridized carbons (Fsp3) is 0.400. The molecule has 0 aromatic carbocycles. The summed E-state index contributed by atoms with van der Waals surface area (Å²) in [4.78, 5) is 4.19. The SMILES string of the molecule is Cc1ccc(OCc2cc(CNC3CC3)co2)cn1. The summed E-state index contributed by atoms with van der Waals surface area (Å²) in [5.41, 5.74) is 2.16. The highest BCUT2D eigenvalue weighted by Crippen LogP contribution is 2.20. The summed E-state index contributed by atoms with van der Waals surface area (Å²) in [6.07, 6.45) is 6.12. The molecule has 1 aliphatic carbocycles. The Bertz CT molecular complexity index is 529. The molecule has 1 aliphatic rings. The molecule has 4 heteroatoms. The second-order valence-electron chi connectivity index (χ2n) is 5.00. The van der Waals surface area contributed by atoms with Gasteiger partial charge in [0.05, 0.1) is 12.5 Å². The normalized spacial score (nSPS) is 14.6. The minimum absolute atomic E-state index is 0.439. The zero-order chi connectivity index (χ0) is 13.1. The number of nitrogens with zero attached hydrogens (tertiary/aromatic N) is 1. The summed E-state index contributed by atoms with van der Waals surface area (Å²) in [6.45, 7) is 3.27. The molecule has 4 nitrogen and oxygen atoms in total. The highest BCUT2D eigenvalue weighted by atomic mass is 16.5. The first-order valence-electron chi connectivity index (χ1n) is 6.65. The Hall–Kier alpha value is -1.81. The Balaban J connectivity index is 1.50. The molecule has 1 fully saturated rings. The molecule has 3 rings (SSSR count). The number of furan rings is 1. The van der Waals surface area contributed by atoms with Gasteiger partial charge in [0.1, 0.15) is 18.1 Å². The van der Waals surface area contributed by atoms with E-state index in [2.05, 4.69) is 10.3 Å². The Morgan fingerprint density at radius 3 is 3.05 bits per heavy atom. The van der Waals surface area contributed by atoms with Crippen LogP contribution < -0.4 is 10.1 Å². The zero-order valence-corrected chi connectivity index (χ0v) is 11.1. The Morgan fingerprint density at radius 1 is 1.42 bits per heavy atom. The van der Waals surface area contributed by atoms with Gasteiger partial charge in [0.2, 0.25) is 0 Å². The molecule has 1 N–H and O–H groups in total. The molecule has 0 amide bonds. The van der Waals surface area contributed by atoms with Gasteiger partial charge in [-0.25, -0.2) is 0 Å². The third-order valence-corrected chi connectivity index (χ3v) is 3.15. The third kappa shape index (κ3) is 3.58. The summed E-state index contributed by atoms with van der Waals surface area (Å²) >= 11 is 0. The number of aryl methyl sites for hydroxylation is 1. The van der Waals surface area contributed by atoms with Crippen molar-refractivity contribution in [3.05, 3.63) is 47.7 Å². The number of hydrogen-bond donors (Lipinski definition) is 1. The first kappa shape index (κ1) is 12.2. The number of nitrogens with one attached hydrogen (secondary N) is 1. The maximum atomic E-state index is 5.62. The molecule has 0 saturated heterocycles. The lowest BCUT2D eigenvalue weighted by Gasteiger charge is -2.03. The molecule has 19 heavy (non-hydrogen) atoms. The predicted octanol–water partition coefficient (Wildman–Crippen LogP) is 2.81. The van der Waals surface area contributed by atoms with Crippen molar-refractivity contribution in [2.45, 2.75) is 39.0 Å². The fourth-order valence-corrected chi connectivity index (χ4v) is 1.84. The molecular weight excluding hydrogens is 240 g/mol. The number of aromatic nitrogens is 1. The molecule has 0 bridgehead atoms.